The lowest BCUT2D eigenvalue weighted by Crippen LogP contribution is -2.04. The van der Waals surface area contributed by atoms with Crippen molar-refractivity contribution in [3.63, 3.8) is 0 Å². The van der Waals surface area contributed by atoms with E-state index in [1.165, 1.54) is 0 Å². The first-order valence-corrected chi connectivity index (χ1v) is 5.50. The maximum Gasteiger partial charge on any atom is 0.187 e. The Morgan fingerprint density at radius 1 is 1.24 bits per heavy atom. The van der Waals surface area contributed by atoms with Gasteiger partial charge < -0.3 is 14.0 Å². The molecule has 0 bridgehead atoms. The third-order valence-electron chi connectivity index (χ3n) is 2.37. The van der Waals surface area contributed by atoms with Gasteiger partial charge in [0.15, 0.2) is 22.5 Å². The maximum atomic E-state index is 5.63. The summed E-state index contributed by atoms with van der Waals surface area (Å²) in [5, 5.41) is 8.35. The molecule has 90 valence electrons. The van der Waals surface area contributed by atoms with Crippen molar-refractivity contribution in [1.82, 2.24) is 14.8 Å². The van der Waals surface area contributed by atoms with Crippen LogP contribution in [0.15, 0.2) is 29.4 Å². The molecule has 0 fully saturated rings. The van der Waals surface area contributed by atoms with Crippen LogP contribution in [0.5, 0.6) is 11.5 Å². The van der Waals surface area contributed by atoms with E-state index in [2.05, 4.69) is 22.8 Å². The van der Waals surface area contributed by atoms with Gasteiger partial charge in [-0.15, -0.1) is 22.8 Å². The molecule has 1 heterocycles. The molecule has 1 aromatic carbocycles. The van der Waals surface area contributed by atoms with Crippen LogP contribution in [0.25, 0.3) is 0 Å². The van der Waals surface area contributed by atoms with Gasteiger partial charge in [0.05, 0.1) is 7.11 Å². The summed E-state index contributed by atoms with van der Waals surface area (Å²) in [4.78, 5) is 0. The van der Waals surface area contributed by atoms with Gasteiger partial charge in [0.2, 0.25) is 0 Å². The molecule has 6 heteroatoms. The maximum absolute atomic E-state index is 5.63. The molecular weight excluding hydrogens is 238 g/mol. The normalized spacial score (nSPS) is 10.3. The van der Waals surface area contributed by atoms with Crippen LogP contribution in [0.1, 0.15) is 5.82 Å². The molecule has 1 aromatic heterocycles. The minimum absolute atomic E-state index is 0.324. The summed E-state index contributed by atoms with van der Waals surface area (Å²) in [6.45, 7) is 0.324. The largest absolute Gasteiger partial charge is 0.493 e. The van der Waals surface area contributed by atoms with Gasteiger partial charge in [0.1, 0.15) is 6.61 Å². The third kappa shape index (κ3) is 2.52. The van der Waals surface area contributed by atoms with E-state index in [0.29, 0.717) is 29.1 Å². The zero-order valence-corrected chi connectivity index (χ0v) is 10.5. The van der Waals surface area contributed by atoms with Gasteiger partial charge in [0, 0.05) is 7.05 Å². The number of para-hydroxylation sites is 2. The number of hydrogen-bond acceptors (Lipinski definition) is 5. The number of thiol groups is 1. The second kappa shape index (κ2) is 5.09. The number of ether oxygens (including phenoxy) is 2. The molecule has 0 aliphatic heterocycles. The van der Waals surface area contributed by atoms with Crippen LogP contribution in [-0.2, 0) is 13.7 Å². The lowest BCUT2D eigenvalue weighted by Gasteiger charge is -2.09. The van der Waals surface area contributed by atoms with Crippen molar-refractivity contribution in [2.45, 2.75) is 11.8 Å². The monoisotopic (exact) mass is 251 g/mol. The molecule has 0 N–H and O–H groups in total. The Kier molecular flexibility index (Phi) is 3.53. The van der Waals surface area contributed by atoms with E-state index in [0.717, 1.165) is 0 Å². The highest BCUT2D eigenvalue weighted by Gasteiger charge is 2.08. The van der Waals surface area contributed by atoms with Crippen LogP contribution in [0, 0.1) is 0 Å². The molecule has 0 amide bonds. The number of benzene rings is 1. The van der Waals surface area contributed by atoms with E-state index in [4.69, 9.17) is 9.47 Å². The first kappa shape index (κ1) is 11.8. The van der Waals surface area contributed by atoms with Crippen molar-refractivity contribution in [3.05, 3.63) is 30.1 Å². The lowest BCUT2D eigenvalue weighted by molar-refractivity contribution is 0.272. The minimum Gasteiger partial charge on any atom is -0.493 e. The van der Waals surface area contributed by atoms with Crippen LogP contribution >= 0.6 is 12.6 Å². The first-order valence-electron chi connectivity index (χ1n) is 5.05. The van der Waals surface area contributed by atoms with E-state index in [-0.39, 0.29) is 0 Å². The molecule has 0 saturated carbocycles. The van der Waals surface area contributed by atoms with Crippen LogP contribution in [0.2, 0.25) is 0 Å². The summed E-state index contributed by atoms with van der Waals surface area (Å²) < 4.78 is 12.6. The number of methoxy groups -OCH3 is 1. The smallest absolute Gasteiger partial charge is 0.187 e. The quantitative estimate of drug-likeness (QED) is 0.840. The van der Waals surface area contributed by atoms with Crippen molar-refractivity contribution in [3.8, 4) is 11.5 Å². The van der Waals surface area contributed by atoms with Gasteiger partial charge in [0.25, 0.3) is 0 Å². The van der Waals surface area contributed by atoms with E-state index >= 15 is 0 Å². The molecule has 5 nitrogen and oxygen atoms in total. The summed E-state index contributed by atoms with van der Waals surface area (Å²) in [6, 6.07) is 7.46. The Hall–Kier alpha value is -1.69. The van der Waals surface area contributed by atoms with Crippen LogP contribution in [-0.4, -0.2) is 21.9 Å². The molecule has 2 aromatic rings. The fourth-order valence-electron chi connectivity index (χ4n) is 1.36. The van der Waals surface area contributed by atoms with E-state index in [9.17, 15) is 0 Å². The van der Waals surface area contributed by atoms with E-state index in [1.807, 2.05) is 31.3 Å². The number of nitrogens with zero attached hydrogens (tertiary/aromatic N) is 3. The highest BCUT2D eigenvalue weighted by atomic mass is 32.1. The average Bonchev–Trinajstić information content (AvgIpc) is 2.68. The summed E-state index contributed by atoms with van der Waals surface area (Å²) in [6.07, 6.45) is 0. The predicted molar refractivity (Wildman–Crippen MR) is 65.6 cm³/mol. The number of hydrogen-bond donors (Lipinski definition) is 1. The van der Waals surface area contributed by atoms with Crippen molar-refractivity contribution in [2.24, 2.45) is 7.05 Å². The van der Waals surface area contributed by atoms with E-state index < -0.39 is 0 Å². The number of aromatic nitrogens is 3. The minimum atomic E-state index is 0.324. The van der Waals surface area contributed by atoms with E-state index in [1.54, 1.807) is 11.7 Å². The SMILES string of the molecule is COc1ccccc1OCc1nnc(S)n1C. The molecule has 0 aliphatic carbocycles. The second-order valence-corrected chi connectivity index (χ2v) is 3.81. The Morgan fingerprint density at radius 3 is 2.53 bits per heavy atom. The molecule has 0 atom stereocenters. The third-order valence-corrected chi connectivity index (χ3v) is 2.76. The zero-order valence-electron chi connectivity index (χ0n) is 9.62. The molecular formula is C11H13N3O2S. The van der Waals surface area contributed by atoms with Crippen LogP contribution < -0.4 is 9.47 Å². The fourth-order valence-corrected chi connectivity index (χ4v) is 1.52. The summed E-state index contributed by atoms with van der Waals surface area (Å²) in [5.41, 5.74) is 0. The average molecular weight is 251 g/mol. The summed E-state index contributed by atoms with van der Waals surface area (Å²) in [7, 11) is 3.44. The van der Waals surface area contributed by atoms with Crippen LogP contribution in [0.3, 0.4) is 0 Å². The highest BCUT2D eigenvalue weighted by Crippen LogP contribution is 2.26. The number of rotatable bonds is 4. The Labute approximate surface area is 105 Å². The topological polar surface area (TPSA) is 49.2 Å². The Morgan fingerprint density at radius 2 is 1.94 bits per heavy atom. The predicted octanol–water partition coefficient (Wildman–Crippen LogP) is 1.69. The molecule has 0 spiro atoms. The zero-order chi connectivity index (χ0) is 12.3. The fraction of sp³-hybridized carbons (Fsp3) is 0.273. The molecule has 0 aliphatic rings. The molecule has 0 unspecified atom stereocenters. The molecule has 17 heavy (non-hydrogen) atoms. The highest BCUT2D eigenvalue weighted by molar-refractivity contribution is 7.80. The van der Waals surface area contributed by atoms with Gasteiger partial charge in [-0.3, -0.25) is 0 Å². The van der Waals surface area contributed by atoms with Gasteiger partial charge in [-0.1, -0.05) is 12.1 Å². The summed E-state index contributed by atoms with van der Waals surface area (Å²) >= 11 is 4.15. The first-order chi connectivity index (χ1) is 8.22. The summed E-state index contributed by atoms with van der Waals surface area (Å²) in [5.74, 6) is 2.08. The molecule has 0 radical (unpaired) electrons. The lowest BCUT2D eigenvalue weighted by atomic mass is 10.3. The van der Waals surface area contributed by atoms with Crippen molar-refractivity contribution >= 4 is 12.6 Å². The molecule has 2 rings (SSSR count). The van der Waals surface area contributed by atoms with Crippen molar-refractivity contribution < 1.29 is 9.47 Å². The second-order valence-electron chi connectivity index (χ2n) is 3.41. The standard InChI is InChI=1S/C11H13N3O2S/c1-14-10(12-13-11(14)17)7-16-9-6-4-3-5-8(9)15-2/h3-6H,7H2,1-2H3,(H,13,17). The van der Waals surface area contributed by atoms with Crippen molar-refractivity contribution in [1.29, 1.82) is 0 Å². The van der Waals surface area contributed by atoms with Gasteiger partial charge in [-0.05, 0) is 12.1 Å². The van der Waals surface area contributed by atoms with Gasteiger partial charge in [-0.2, -0.15) is 0 Å². The Bertz CT molecular complexity index is 513. The molecule has 0 saturated heterocycles. The van der Waals surface area contributed by atoms with Crippen molar-refractivity contribution in [2.75, 3.05) is 7.11 Å². The van der Waals surface area contributed by atoms with Crippen LogP contribution in [0.4, 0.5) is 0 Å². The van der Waals surface area contributed by atoms with Gasteiger partial charge in [-0.25, -0.2) is 0 Å². The van der Waals surface area contributed by atoms with Gasteiger partial charge >= 0.3 is 0 Å². The Balaban J connectivity index is 2.10.